The molecule has 0 spiro atoms. The summed E-state index contributed by atoms with van der Waals surface area (Å²) in [5, 5.41) is 8.56. The van der Waals surface area contributed by atoms with Crippen LogP contribution >= 0.6 is 0 Å². The van der Waals surface area contributed by atoms with Gasteiger partial charge < -0.3 is 5.11 Å². The topological polar surface area (TPSA) is 37.3 Å². The van der Waals surface area contributed by atoms with Crippen molar-refractivity contribution in [2.24, 2.45) is 17.8 Å². The van der Waals surface area contributed by atoms with Gasteiger partial charge in [0.25, 0.3) is 0 Å². The lowest BCUT2D eigenvalue weighted by Crippen LogP contribution is -2.47. The van der Waals surface area contributed by atoms with Gasteiger partial charge in [0, 0.05) is 0 Å². The van der Waals surface area contributed by atoms with E-state index >= 15 is 0 Å². The smallest absolute Gasteiger partial charge is 0.306 e. The monoisotopic (exact) mass is 126 g/mol. The first-order valence-electron chi connectivity index (χ1n) is 3.52. The maximum absolute atomic E-state index is 10.4. The molecule has 2 saturated carbocycles. The van der Waals surface area contributed by atoms with E-state index in [1.807, 2.05) is 0 Å². The van der Waals surface area contributed by atoms with Gasteiger partial charge >= 0.3 is 5.97 Å². The van der Waals surface area contributed by atoms with E-state index in [1.54, 1.807) is 0 Å². The Morgan fingerprint density at radius 3 is 2.33 bits per heavy atom. The number of hydrogen-bond acceptors (Lipinski definition) is 1. The molecule has 2 nitrogen and oxygen atoms in total. The summed E-state index contributed by atoms with van der Waals surface area (Å²) in [6.45, 7) is 0. The minimum atomic E-state index is -0.573. The van der Waals surface area contributed by atoms with Crippen LogP contribution in [-0.2, 0) is 4.79 Å². The van der Waals surface area contributed by atoms with Crippen molar-refractivity contribution in [1.82, 2.24) is 0 Å². The molecule has 2 rings (SSSR count). The Bertz CT molecular complexity index is 153. The third-order valence-corrected chi connectivity index (χ3v) is 2.87. The standard InChI is InChI=1S/C7H10O2/c8-7(9)6-3-4-1-2-5(4)6/h4-6H,1-3H2,(H,8,9)/t4-,5-,6?/m0/s1. The second kappa shape index (κ2) is 1.49. The van der Waals surface area contributed by atoms with Gasteiger partial charge in [0.05, 0.1) is 5.92 Å². The van der Waals surface area contributed by atoms with Gasteiger partial charge in [-0.2, -0.15) is 0 Å². The summed E-state index contributed by atoms with van der Waals surface area (Å²) in [6.07, 6.45) is 3.41. The number of carboxylic acids is 1. The number of aliphatic carboxylic acids is 1. The van der Waals surface area contributed by atoms with Crippen LogP contribution in [0.25, 0.3) is 0 Å². The summed E-state index contributed by atoms with van der Waals surface area (Å²) in [4.78, 5) is 10.4. The fourth-order valence-electron chi connectivity index (χ4n) is 2.01. The van der Waals surface area contributed by atoms with E-state index in [-0.39, 0.29) is 5.92 Å². The highest BCUT2D eigenvalue weighted by Crippen LogP contribution is 2.54. The van der Waals surface area contributed by atoms with Crippen LogP contribution in [0.15, 0.2) is 0 Å². The number of hydrogen-bond donors (Lipinski definition) is 1. The minimum absolute atomic E-state index is 0.0312. The lowest BCUT2D eigenvalue weighted by Gasteiger charge is -2.50. The molecule has 0 aromatic rings. The van der Waals surface area contributed by atoms with Crippen LogP contribution in [0.4, 0.5) is 0 Å². The molecule has 0 aromatic carbocycles. The molecule has 50 valence electrons. The Balaban J connectivity index is 1.97. The summed E-state index contributed by atoms with van der Waals surface area (Å²) in [7, 11) is 0. The molecule has 1 unspecified atom stereocenters. The highest BCUT2D eigenvalue weighted by Gasteiger charge is 2.50. The molecule has 2 heteroatoms. The van der Waals surface area contributed by atoms with Gasteiger partial charge in [-0.25, -0.2) is 0 Å². The third kappa shape index (κ3) is 0.533. The summed E-state index contributed by atoms with van der Waals surface area (Å²) in [5.74, 6) is 0.827. The average molecular weight is 126 g/mol. The maximum Gasteiger partial charge on any atom is 0.306 e. The van der Waals surface area contributed by atoms with Crippen LogP contribution in [0.5, 0.6) is 0 Å². The van der Waals surface area contributed by atoms with Crippen LogP contribution in [0.3, 0.4) is 0 Å². The summed E-state index contributed by atoms with van der Waals surface area (Å²) < 4.78 is 0. The molecule has 2 aliphatic carbocycles. The van der Waals surface area contributed by atoms with Crippen molar-refractivity contribution in [2.75, 3.05) is 0 Å². The number of fused-ring (bicyclic) bond motifs is 1. The van der Waals surface area contributed by atoms with Crippen LogP contribution in [0.1, 0.15) is 19.3 Å². The Labute approximate surface area is 53.9 Å². The molecule has 9 heavy (non-hydrogen) atoms. The molecule has 0 amide bonds. The van der Waals surface area contributed by atoms with Crippen molar-refractivity contribution in [3.63, 3.8) is 0 Å². The molecule has 0 heterocycles. The number of carboxylic acid groups (broad SMARTS) is 1. The molecule has 2 fully saturated rings. The summed E-state index contributed by atoms with van der Waals surface area (Å²) >= 11 is 0. The molecule has 1 N–H and O–H groups in total. The molecule has 3 atom stereocenters. The lowest BCUT2D eigenvalue weighted by molar-refractivity contribution is -0.157. The second-order valence-electron chi connectivity index (χ2n) is 3.18. The van der Waals surface area contributed by atoms with E-state index in [2.05, 4.69) is 0 Å². The zero-order valence-corrected chi connectivity index (χ0v) is 5.21. The molecule has 0 aromatic heterocycles. The first kappa shape index (κ1) is 5.27. The van der Waals surface area contributed by atoms with Crippen LogP contribution in [0, 0.1) is 17.8 Å². The highest BCUT2D eigenvalue weighted by atomic mass is 16.4. The second-order valence-corrected chi connectivity index (χ2v) is 3.18. The fourth-order valence-corrected chi connectivity index (χ4v) is 2.01. The van der Waals surface area contributed by atoms with E-state index < -0.39 is 5.97 Å². The van der Waals surface area contributed by atoms with E-state index in [4.69, 9.17) is 5.11 Å². The zero-order valence-electron chi connectivity index (χ0n) is 5.21. The number of rotatable bonds is 1. The predicted octanol–water partition coefficient (Wildman–Crippen LogP) is 1.12. The highest BCUT2D eigenvalue weighted by molar-refractivity contribution is 5.72. The van der Waals surface area contributed by atoms with Gasteiger partial charge in [-0.3, -0.25) is 4.79 Å². The molecule has 0 aliphatic heterocycles. The van der Waals surface area contributed by atoms with E-state index in [0.717, 1.165) is 12.3 Å². The first-order chi connectivity index (χ1) is 4.29. The minimum Gasteiger partial charge on any atom is -0.481 e. The Morgan fingerprint density at radius 1 is 1.44 bits per heavy atom. The largest absolute Gasteiger partial charge is 0.481 e. The maximum atomic E-state index is 10.4. The van der Waals surface area contributed by atoms with Crippen molar-refractivity contribution in [1.29, 1.82) is 0 Å². The molecular weight excluding hydrogens is 116 g/mol. The third-order valence-electron chi connectivity index (χ3n) is 2.87. The van der Waals surface area contributed by atoms with Gasteiger partial charge in [-0.15, -0.1) is 0 Å². The molecule has 0 saturated heterocycles. The molecule has 0 radical (unpaired) electrons. The van der Waals surface area contributed by atoms with E-state index in [9.17, 15) is 4.79 Å². The Kier molecular flexibility index (Phi) is 0.875. The van der Waals surface area contributed by atoms with Crippen molar-refractivity contribution < 1.29 is 9.90 Å². The van der Waals surface area contributed by atoms with Crippen molar-refractivity contribution in [3.05, 3.63) is 0 Å². The van der Waals surface area contributed by atoms with E-state index in [1.165, 1.54) is 12.8 Å². The summed E-state index contributed by atoms with van der Waals surface area (Å²) in [5.41, 5.74) is 0. The van der Waals surface area contributed by atoms with Crippen molar-refractivity contribution in [3.8, 4) is 0 Å². The summed E-state index contributed by atoms with van der Waals surface area (Å²) in [6, 6.07) is 0. The Morgan fingerprint density at radius 2 is 2.22 bits per heavy atom. The normalized spacial score (nSPS) is 46.4. The van der Waals surface area contributed by atoms with Gasteiger partial charge in [-0.1, -0.05) is 0 Å². The van der Waals surface area contributed by atoms with Crippen LogP contribution in [-0.4, -0.2) is 11.1 Å². The Hall–Kier alpha value is -0.530. The van der Waals surface area contributed by atoms with Gasteiger partial charge in [0.2, 0.25) is 0 Å². The zero-order chi connectivity index (χ0) is 6.43. The van der Waals surface area contributed by atoms with Crippen molar-refractivity contribution >= 4 is 5.97 Å². The lowest BCUT2D eigenvalue weighted by atomic mass is 9.53. The van der Waals surface area contributed by atoms with Gasteiger partial charge in [0.15, 0.2) is 0 Å². The molecular formula is C7H10O2. The number of carbonyl (C=O) groups is 1. The fraction of sp³-hybridized carbons (Fsp3) is 0.857. The van der Waals surface area contributed by atoms with Crippen LogP contribution < -0.4 is 0 Å². The SMILES string of the molecule is O=C(O)C1C[C@@H]2CC[C@H]12. The molecule has 0 bridgehead atoms. The van der Waals surface area contributed by atoms with Crippen molar-refractivity contribution in [2.45, 2.75) is 19.3 Å². The molecule has 2 aliphatic rings. The van der Waals surface area contributed by atoms with Gasteiger partial charge in [-0.05, 0) is 31.1 Å². The quantitative estimate of drug-likeness (QED) is 0.571. The van der Waals surface area contributed by atoms with Gasteiger partial charge in [0.1, 0.15) is 0 Å². The van der Waals surface area contributed by atoms with E-state index in [0.29, 0.717) is 5.92 Å². The first-order valence-corrected chi connectivity index (χ1v) is 3.52. The predicted molar refractivity (Wildman–Crippen MR) is 32.0 cm³/mol. The van der Waals surface area contributed by atoms with Crippen LogP contribution in [0.2, 0.25) is 0 Å². The average Bonchev–Trinajstić information content (AvgIpc) is 1.76.